The minimum atomic E-state index is -0.493. The van der Waals surface area contributed by atoms with Crippen molar-refractivity contribution in [1.82, 2.24) is 0 Å². The summed E-state index contributed by atoms with van der Waals surface area (Å²) in [4.78, 5) is 28.4. The van der Waals surface area contributed by atoms with E-state index in [1.165, 1.54) is 82.6 Å². The Labute approximate surface area is 308 Å². The highest BCUT2D eigenvalue weighted by atomic mass is 16.5. The summed E-state index contributed by atoms with van der Waals surface area (Å²) in [6, 6.07) is 0. The number of fused-ring (bicyclic) bond motifs is 7. The molecule has 0 saturated heterocycles. The maximum absolute atomic E-state index is 14.6. The van der Waals surface area contributed by atoms with Crippen molar-refractivity contribution < 1.29 is 19.4 Å². The van der Waals surface area contributed by atoms with E-state index in [1.54, 1.807) is 0 Å². The summed E-state index contributed by atoms with van der Waals surface area (Å²) in [6.45, 7) is 19.2. The molecule has 5 rings (SSSR count). The first-order valence-corrected chi connectivity index (χ1v) is 21.7. The number of hydrogen-bond donors (Lipinski definition) is 1. The van der Waals surface area contributed by atoms with Crippen LogP contribution < -0.4 is 0 Å². The van der Waals surface area contributed by atoms with Crippen LogP contribution in [0.15, 0.2) is 11.6 Å². The van der Waals surface area contributed by atoms with Crippen molar-refractivity contribution in [3.8, 4) is 0 Å². The second-order valence-electron chi connectivity index (χ2n) is 20.4. The van der Waals surface area contributed by atoms with Crippen molar-refractivity contribution in [2.45, 2.75) is 209 Å². The highest BCUT2D eigenvalue weighted by Gasteiger charge is 2.70. The number of carbonyl (C=O) groups excluding carboxylic acids is 2. The molecule has 5 aliphatic rings. The first-order valence-electron chi connectivity index (χ1n) is 21.7. The number of rotatable bonds is 16. The van der Waals surface area contributed by atoms with Crippen LogP contribution in [-0.4, -0.2) is 29.6 Å². The van der Waals surface area contributed by atoms with Gasteiger partial charge in [0, 0.05) is 5.92 Å². The molecule has 0 unspecified atom stereocenters. The summed E-state index contributed by atoms with van der Waals surface area (Å²) in [5.74, 6) is 0.899. The number of unbranched alkanes of at least 4 members (excludes halogenated alkanes) is 13. The summed E-state index contributed by atoms with van der Waals surface area (Å²) >= 11 is 0. The third-order valence-electron chi connectivity index (χ3n) is 16.8. The van der Waals surface area contributed by atoms with Crippen LogP contribution in [-0.2, 0) is 14.3 Å². The van der Waals surface area contributed by atoms with Gasteiger partial charge in [0.1, 0.15) is 0 Å². The molecule has 50 heavy (non-hydrogen) atoms. The molecular weight excluding hydrogens is 617 g/mol. The van der Waals surface area contributed by atoms with Crippen LogP contribution in [0.2, 0.25) is 0 Å². The van der Waals surface area contributed by atoms with Crippen LogP contribution in [0.1, 0.15) is 203 Å². The van der Waals surface area contributed by atoms with Crippen molar-refractivity contribution in [3.63, 3.8) is 0 Å². The fourth-order valence-electron chi connectivity index (χ4n) is 13.0. The Kier molecular flexibility index (Phi) is 12.5. The van der Waals surface area contributed by atoms with E-state index in [2.05, 4.69) is 61.5 Å². The predicted octanol–water partition coefficient (Wildman–Crippen LogP) is 12.4. The molecule has 0 aromatic heterocycles. The molecule has 0 bridgehead atoms. The van der Waals surface area contributed by atoms with Crippen molar-refractivity contribution in [2.75, 3.05) is 6.61 Å². The molecule has 0 radical (unpaired) electrons. The SMILES string of the molecule is CCCCCCCCCCCCCCCCOC(=O)[C@@]1(C)CC[C@]2(C)CC[C@]3(C)C(=CC(=O)[C@@H]4[C@@]5(C)CC[C@H](O)C(C)(C)[C@@H]5CC[C@]43C)[C@@H]2C1. The second-order valence-corrected chi connectivity index (χ2v) is 20.4. The Hall–Kier alpha value is -1.16. The van der Waals surface area contributed by atoms with Crippen molar-refractivity contribution in [2.24, 2.45) is 50.2 Å². The topological polar surface area (TPSA) is 63.6 Å². The quantitative estimate of drug-likeness (QED) is 0.129. The van der Waals surface area contributed by atoms with E-state index in [1.807, 2.05) is 0 Å². The van der Waals surface area contributed by atoms with Gasteiger partial charge in [-0.25, -0.2) is 0 Å². The summed E-state index contributed by atoms with van der Waals surface area (Å²) in [7, 11) is 0. The van der Waals surface area contributed by atoms with E-state index in [-0.39, 0.29) is 51.0 Å². The normalized spacial score (nSPS) is 40.6. The lowest BCUT2D eigenvalue weighted by Gasteiger charge is -2.70. The summed E-state index contributed by atoms with van der Waals surface area (Å²) < 4.78 is 6.05. The van der Waals surface area contributed by atoms with Crippen molar-refractivity contribution in [3.05, 3.63) is 11.6 Å². The minimum absolute atomic E-state index is 0.00985. The molecule has 0 heterocycles. The third-order valence-corrected chi connectivity index (χ3v) is 16.8. The zero-order valence-electron chi connectivity index (χ0n) is 34.0. The van der Waals surface area contributed by atoms with Gasteiger partial charge in [-0.1, -0.05) is 138 Å². The molecule has 4 saturated carbocycles. The average Bonchev–Trinajstić information content (AvgIpc) is 3.06. The molecule has 0 spiro atoms. The van der Waals surface area contributed by atoms with E-state index >= 15 is 0 Å². The highest BCUT2D eigenvalue weighted by Crippen LogP contribution is 2.75. The van der Waals surface area contributed by atoms with E-state index in [9.17, 15) is 14.7 Å². The predicted molar refractivity (Wildman–Crippen MR) is 207 cm³/mol. The zero-order chi connectivity index (χ0) is 36.4. The molecule has 0 aliphatic heterocycles. The molecule has 0 aromatic carbocycles. The van der Waals surface area contributed by atoms with Gasteiger partial charge in [-0.15, -0.1) is 0 Å². The number of ether oxygens (including phenoxy) is 1. The molecule has 4 nitrogen and oxygen atoms in total. The summed E-state index contributed by atoms with van der Waals surface area (Å²) in [5, 5.41) is 11.0. The number of hydrogen-bond acceptors (Lipinski definition) is 4. The van der Waals surface area contributed by atoms with E-state index in [0.717, 1.165) is 70.6 Å². The Balaban J connectivity index is 1.15. The van der Waals surface area contributed by atoms with Gasteiger partial charge in [-0.05, 0) is 116 Å². The van der Waals surface area contributed by atoms with E-state index in [0.29, 0.717) is 18.3 Å². The van der Waals surface area contributed by atoms with Gasteiger partial charge in [-0.2, -0.15) is 0 Å². The number of aliphatic hydroxyl groups is 1. The maximum Gasteiger partial charge on any atom is 0.311 e. The molecule has 0 amide bonds. The van der Waals surface area contributed by atoms with Gasteiger partial charge < -0.3 is 9.84 Å². The van der Waals surface area contributed by atoms with Gasteiger partial charge >= 0.3 is 5.97 Å². The second kappa shape index (κ2) is 15.7. The molecule has 4 heteroatoms. The lowest BCUT2D eigenvalue weighted by atomic mass is 9.33. The fourth-order valence-corrected chi connectivity index (χ4v) is 13.0. The molecular formula is C46H78O4. The Bertz CT molecular complexity index is 1220. The van der Waals surface area contributed by atoms with Crippen LogP contribution in [0, 0.1) is 50.2 Å². The molecule has 5 aliphatic carbocycles. The van der Waals surface area contributed by atoms with Crippen molar-refractivity contribution in [1.29, 1.82) is 0 Å². The number of ketones is 1. The van der Waals surface area contributed by atoms with Crippen LogP contribution in [0.3, 0.4) is 0 Å². The van der Waals surface area contributed by atoms with Crippen LogP contribution in [0.4, 0.5) is 0 Å². The Morgan fingerprint density at radius 2 is 1.30 bits per heavy atom. The fraction of sp³-hybridized carbons (Fsp3) is 0.913. The third kappa shape index (κ3) is 7.33. The van der Waals surface area contributed by atoms with Gasteiger partial charge in [-0.3, -0.25) is 9.59 Å². The standard InChI is InChI=1S/C46H78O4/c1-9-10-11-12-13-14-15-16-17-18-19-20-21-22-31-50-40(49)43(5)28-27-42(4)29-30-45(7)34(35(42)33-43)32-36(47)39-44(6)25-24-38(48)41(2,3)37(44)23-26-46(39,45)8/h32,35,37-39,48H,9-31,33H2,1-8H3/t35-,37-,38-,39+,42+,43-,44-,45+,46+/m0/s1. The van der Waals surface area contributed by atoms with Crippen molar-refractivity contribution >= 4 is 11.8 Å². The Morgan fingerprint density at radius 1 is 0.740 bits per heavy atom. The van der Waals surface area contributed by atoms with Gasteiger partial charge in [0.2, 0.25) is 0 Å². The lowest BCUT2D eigenvalue weighted by molar-refractivity contribution is -0.202. The smallest absolute Gasteiger partial charge is 0.311 e. The van der Waals surface area contributed by atoms with Crippen LogP contribution in [0.25, 0.3) is 0 Å². The molecule has 286 valence electrons. The number of aliphatic hydroxyl groups excluding tert-OH is 1. The highest BCUT2D eigenvalue weighted by molar-refractivity contribution is 5.95. The van der Waals surface area contributed by atoms with E-state index in [4.69, 9.17) is 4.74 Å². The largest absolute Gasteiger partial charge is 0.465 e. The van der Waals surface area contributed by atoms with Gasteiger partial charge in [0.05, 0.1) is 18.1 Å². The number of esters is 1. The molecule has 0 aromatic rings. The van der Waals surface area contributed by atoms with Gasteiger partial charge in [0.15, 0.2) is 5.78 Å². The van der Waals surface area contributed by atoms with Crippen LogP contribution >= 0.6 is 0 Å². The molecule has 1 N–H and O–H groups in total. The first-order chi connectivity index (χ1) is 23.6. The minimum Gasteiger partial charge on any atom is -0.465 e. The molecule has 4 fully saturated rings. The summed E-state index contributed by atoms with van der Waals surface area (Å²) in [5.41, 5.74) is 0.549. The van der Waals surface area contributed by atoms with Crippen LogP contribution in [0.5, 0.6) is 0 Å². The first kappa shape index (κ1) is 40.0. The number of carbonyl (C=O) groups is 2. The lowest BCUT2D eigenvalue weighted by Crippen LogP contribution is -2.66. The number of allylic oxidation sites excluding steroid dienone is 2. The molecule has 9 atom stereocenters. The average molecular weight is 695 g/mol. The van der Waals surface area contributed by atoms with Gasteiger partial charge in [0.25, 0.3) is 0 Å². The monoisotopic (exact) mass is 695 g/mol. The zero-order valence-corrected chi connectivity index (χ0v) is 34.0. The Morgan fingerprint density at radius 3 is 1.90 bits per heavy atom. The van der Waals surface area contributed by atoms with E-state index < -0.39 is 5.41 Å². The summed E-state index contributed by atoms with van der Waals surface area (Å²) in [6.07, 6.45) is 29.2. The maximum atomic E-state index is 14.6.